The fourth-order valence-corrected chi connectivity index (χ4v) is 3.73. The Balaban J connectivity index is 2.12. The molecule has 0 spiro atoms. The summed E-state index contributed by atoms with van der Waals surface area (Å²) in [7, 11) is 0. The van der Waals surface area contributed by atoms with Gasteiger partial charge in [0, 0.05) is 31.2 Å². The van der Waals surface area contributed by atoms with Crippen molar-refractivity contribution < 1.29 is 0 Å². The van der Waals surface area contributed by atoms with E-state index in [2.05, 4.69) is 42.4 Å². The van der Waals surface area contributed by atoms with Crippen LogP contribution in [0, 0.1) is 0 Å². The minimum absolute atomic E-state index is 0.467. The molecule has 1 N–H and O–H groups in total. The van der Waals surface area contributed by atoms with Crippen LogP contribution in [0.4, 0.5) is 0 Å². The first kappa shape index (κ1) is 14.3. The molecule has 18 heavy (non-hydrogen) atoms. The minimum atomic E-state index is 0.467. The highest BCUT2D eigenvalue weighted by atomic mass is 35.5. The van der Waals surface area contributed by atoms with E-state index >= 15 is 0 Å². The molecule has 1 aromatic heterocycles. The molecule has 102 valence electrons. The Morgan fingerprint density at radius 1 is 1.50 bits per heavy atom. The van der Waals surface area contributed by atoms with Gasteiger partial charge in [-0.3, -0.25) is 4.90 Å². The lowest BCUT2D eigenvalue weighted by molar-refractivity contribution is 0.0852. The van der Waals surface area contributed by atoms with Crippen molar-refractivity contribution in [2.75, 3.05) is 13.1 Å². The van der Waals surface area contributed by atoms with Crippen molar-refractivity contribution in [2.45, 2.75) is 51.7 Å². The van der Waals surface area contributed by atoms with Crippen LogP contribution in [0.1, 0.15) is 45.2 Å². The second-order valence-corrected chi connectivity index (χ2v) is 6.67. The van der Waals surface area contributed by atoms with Crippen molar-refractivity contribution in [1.82, 2.24) is 10.2 Å². The van der Waals surface area contributed by atoms with Crippen LogP contribution >= 0.6 is 22.9 Å². The van der Waals surface area contributed by atoms with Gasteiger partial charge in [0.2, 0.25) is 0 Å². The summed E-state index contributed by atoms with van der Waals surface area (Å²) in [5.41, 5.74) is 1.36. The maximum atomic E-state index is 6.06. The molecule has 1 aliphatic rings. The monoisotopic (exact) mass is 286 g/mol. The zero-order valence-electron chi connectivity index (χ0n) is 11.4. The third-order valence-electron chi connectivity index (χ3n) is 4.07. The van der Waals surface area contributed by atoms with E-state index in [1.54, 1.807) is 11.3 Å². The van der Waals surface area contributed by atoms with E-state index in [0.717, 1.165) is 17.4 Å². The van der Waals surface area contributed by atoms with Gasteiger partial charge in [-0.1, -0.05) is 25.4 Å². The highest BCUT2D eigenvalue weighted by Gasteiger charge is 2.30. The van der Waals surface area contributed by atoms with Crippen LogP contribution in [0.3, 0.4) is 0 Å². The van der Waals surface area contributed by atoms with Crippen molar-refractivity contribution in [1.29, 1.82) is 0 Å². The molecule has 0 bridgehead atoms. The fraction of sp³-hybridized carbons (Fsp3) is 0.714. The number of piperazine rings is 1. The lowest BCUT2D eigenvalue weighted by Gasteiger charge is -2.43. The topological polar surface area (TPSA) is 15.3 Å². The van der Waals surface area contributed by atoms with Crippen molar-refractivity contribution in [3.05, 3.63) is 21.3 Å². The van der Waals surface area contributed by atoms with Gasteiger partial charge in [0.05, 0.1) is 4.34 Å². The van der Waals surface area contributed by atoms with E-state index in [1.807, 2.05) is 0 Å². The Kier molecular flexibility index (Phi) is 5.07. The Labute approximate surface area is 119 Å². The first-order chi connectivity index (χ1) is 8.65. The molecule has 1 saturated heterocycles. The van der Waals surface area contributed by atoms with E-state index in [-0.39, 0.29) is 0 Å². The van der Waals surface area contributed by atoms with E-state index in [1.165, 1.54) is 18.4 Å². The number of halogens is 1. The van der Waals surface area contributed by atoms with Crippen molar-refractivity contribution >= 4 is 22.9 Å². The summed E-state index contributed by atoms with van der Waals surface area (Å²) in [5.74, 6) is 0. The third-order valence-corrected chi connectivity index (χ3v) is 5.18. The van der Waals surface area contributed by atoms with Gasteiger partial charge in [-0.25, -0.2) is 0 Å². The van der Waals surface area contributed by atoms with E-state index in [0.29, 0.717) is 18.1 Å². The number of rotatable bonds is 4. The minimum Gasteiger partial charge on any atom is -0.311 e. The zero-order valence-corrected chi connectivity index (χ0v) is 13.0. The van der Waals surface area contributed by atoms with Crippen molar-refractivity contribution in [3.8, 4) is 0 Å². The summed E-state index contributed by atoms with van der Waals surface area (Å²) in [4.78, 5) is 2.64. The van der Waals surface area contributed by atoms with Crippen LogP contribution in [-0.2, 0) is 0 Å². The Hall–Kier alpha value is -0.0900. The highest BCUT2D eigenvalue weighted by Crippen LogP contribution is 2.31. The first-order valence-corrected chi connectivity index (χ1v) is 8.14. The molecule has 0 saturated carbocycles. The van der Waals surface area contributed by atoms with Gasteiger partial charge in [0.15, 0.2) is 0 Å². The summed E-state index contributed by atoms with van der Waals surface area (Å²) < 4.78 is 0.895. The van der Waals surface area contributed by atoms with E-state index < -0.39 is 0 Å². The molecule has 1 aromatic rings. The normalized spacial score (nSPS) is 27.3. The molecule has 0 amide bonds. The molecular formula is C14H23ClN2S. The van der Waals surface area contributed by atoms with Crippen molar-refractivity contribution in [2.24, 2.45) is 0 Å². The molecular weight excluding hydrogens is 264 g/mol. The number of thiophene rings is 1. The van der Waals surface area contributed by atoms with Gasteiger partial charge < -0.3 is 5.32 Å². The number of hydrogen-bond donors (Lipinski definition) is 1. The largest absolute Gasteiger partial charge is 0.311 e. The average Bonchev–Trinajstić information content (AvgIpc) is 2.83. The van der Waals surface area contributed by atoms with E-state index in [4.69, 9.17) is 11.6 Å². The fourth-order valence-electron chi connectivity index (χ4n) is 2.75. The standard InChI is InChI=1S/C14H23ClN2S/c1-4-12-8-17(13(5-2)7-16-12)10(3)11-6-14(15)18-9-11/h6,9-10,12-13,16H,4-5,7-8H2,1-3H3. The van der Waals surface area contributed by atoms with Gasteiger partial charge >= 0.3 is 0 Å². The molecule has 0 aromatic carbocycles. The van der Waals surface area contributed by atoms with Crippen molar-refractivity contribution in [3.63, 3.8) is 0 Å². The lowest BCUT2D eigenvalue weighted by Crippen LogP contribution is -2.56. The third kappa shape index (κ3) is 3.08. The number of hydrogen-bond acceptors (Lipinski definition) is 3. The first-order valence-electron chi connectivity index (χ1n) is 6.88. The Morgan fingerprint density at radius 2 is 2.28 bits per heavy atom. The van der Waals surface area contributed by atoms with Gasteiger partial charge in [-0.2, -0.15) is 0 Å². The maximum Gasteiger partial charge on any atom is 0.0931 e. The molecule has 1 fully saturated rings. The van der Waals surface area contributed by atoms with Gasteiger partial charge in [-0.15, -0.1) is 11.3 Å². The van der Waals surface area contributed by atoms with Gasteiger partial charge in [0.25, 0.3) is 0 Å². The Bertz CT molecular complexity index is 380. The summed E-state index contributed by atoms with van der Waals surface area (Å²) in [6, 6.07) is 3.85. The summed E-state index contributed by atoms with van der Waals surface area (Å²) in [5, 5.41) is 5.84. The lowest BCUT2D eigenvalue weighted by atomic mass is 10.0. The van der Waals surface area contributed by atoms with Crippen LogP contribution in [0.2, 0.25) is 4.34 Å². The summed E-state index contributed by atoms with van der Waals surface area (Å²) >= 11 is 7.69. The molecule has 1 aliphatic heterocycles. The predicted molar refractivity (Wildman–Crippen MR) is 80.6 cm³/mol. The molecule has 3 unspecified atom stereocenters. The van der Waals surface area contributed by atoms with Gasteiger partial charge in [0.1, 0.15) is 0 Å². The zero-order chi connectivity index (χ0) is 13.1. The molecule has 2 rings (SSSR count). The molecule has 0 radical (unpaired) electrons. The summed E-state index contributed by atoms with van der Waals surface area (Å²) in [6.45, 7) is 9.09. The van der Waals surface area contributed by atoms with Crippen LogP contribution in [0.25, 0.3) is 0 Å². The predicted octanol–water partition coefficient (Wildman–Crippen LogP) is 3.92. The average molecular weight is 287 g/mol. The molecule has 0 aliphatic carbocycles. The second-order valence-electron chi connectivity index (χ2n) is 5.13. The SMILES string of the molecule is CCC1CN(C(C)c2csc(Cl)c2)C(CC)CN1. The summed E-state index contributed by atoms with van der Waals surface area (Å²) in [6.07, 6.45) is 2.40. The molecule has 2 nitrogen and oxygen atoms in total. The highest BCUT2D eigenvalue weighted by molar-refractivity contribution is 7.14. The van der Waals surface area contributed by atoms with Crippen LogP contribution in [0.5, 0.6) is 0 Å². The molecule has 2 heterocycles. The smallest absolute Gasteiger partial charge is 0.0931 e. The van der Waals surface area contributed by atoms with Crippen LogP contribution < -0.4 is 5.32 Å². The Morgan fingerprint density at radius 3 is 2.83 bits per heavy atom. The maximum absolute atomic E-state index is 6.06. The quantitative estimate of drug-likeness (QED) is 0.902. The number of nitrogens with one attached hydrogen (secondary N) is 1. The molecule has 4 heteroatoms. The van der Waals surface area contributed by atoms with E-state index in [9.17, 15) is 0 Å². The number of nitrogens with zero attached hydrogens (tertiary/aromatic N) is 1. The van der Waals surface area contributed by atoms with Crippen LogP contribution in [-0.4, -0.2) is 30.1 Å². The molecule has 3 atom stereocenters. The second kappa shape index (κ2) is 6.38. The van der Waals surface area contributed by atoms with Crippen LogP contribution in [0.15, 0.2) is 11.4 Å². The van der Waals surface area contributed by atoms with Gasteiger partial charge in [-0.05, 0) is 36.8 Å².